The summed E-state index contributed by atoms with van der Waals surface area (Å²) in [6, 6.07) is 13.0. The van der Waals surface area contributed by atoms with Crippen LogP contribution in [0.1, 0.15) is 35.3 Å². The number of aliphatic hydroxyl groups is 1. The lowest BCUT2D eigenvalue weighted by Gasteiger charge is -2.19. The zero-order valence-corrected chi connectivity index (χ0v) is 15.2. The Hall–Kier alpha value is -3.30. The van der Waals surface area contributed by atoms with E-state index in [1.54, 1.807) is 13.0 Å². The molecule has 4 N–H and O–H groups in total. The van der Waals surface area contributed by atoms with Crippen LogP contribution >= 0.6 is 0 Å². The van der Waals surface area contributed by atoms with Crippen molar-refractivity contribution in [2.45, 2.75) is 26.0 Å². The summed E-state index contributed by atoms with van der Waals surface area (Å²) in [5.74, 6) is 4.50. The van der Waals surface area contributed by atoms with Crippen LogP contribution in [0.5, 0.6) is 5.75 Å². The van der Waals surface area contributed by atoms with Gasteiger partial charge in [0.25, 0.3) is 11.8 Å². The second kappa shape index (κ2) is 9.41. The highest BCUT2D eigenvalue weighted by molar-refractivity contribution is 5.97. The molecule has 0 aliphatic carbocycles. The van der Waals surface area contributed by atoms with Crippen LogP contribution in [0.25, 0.3) is 0 Å². The molecule has 0 spiro atoms. The van der Waals surface area contributed by atoms with E-state index in [0.717, 1.165) is 5.56 Å². The molecule has 2 amide bonds. The highest BCUT2D eigenvalue weighted by Crippen LogP contribution is 2.18. The molecule has 0 aromatic heterocycles. The van der Waals surface area contributed by atoms with Crippen LogP contribution in [-0.4, -0.2) is 40.7 Å². The molecule has 2 aromatic rings. The van der Waals surface area contributed by atoms with Crippen molar-refractivity contribution < 1.29 is 19.8 Å². The third kappa shape index (κ3) is 5.59. The molecule has 0 aliphatic rings. The number of hydrogen-bond acceptors (Lipinski definition) is 4. The summed E-state index contributed by atoms with van der Waals surface area (Å²) in [7, 11) is 0. The number of phenols is 1. The molecule has 0 fully saturated rings. The molecule has 2 aromatic carbocycles. The van der Waals surface area contributed by atoms with Crippen molar-refractivity contribution in [3.8, 4) is 17.6 Å². The minimum Gasteiger partial charge on any atom is -0.507 e. The fourth-order valence-electron chi connectivity index (χ4n) is 2.34. The Kier molecular flexibility index (Phi) is 6.98. The lowest BCUT2D eigenvalue weighted by molar-refractivity contribution is -0.130. The third-order valence-electron chi connectivity index (χ3n) is 3.82. The van der Waals surface area contributed by atoms with Crippen molar-refractivity contribution in [2.24, 2.45) is 0 Å². The van der Waals surface area contributed by atoms with Crippen LogP contribution in [0.15, 0.2) is 48.5 Å². The van der Waals surface area contributed by atoms with Gasteiger partial charge in [-0.15, -0.1) is 0 Å². The standard InChI is InChI=1S/C21H22N2O4/c1-3-22-21(27)19(25)14(2)23-20(26)17-12-11-16(13-18(17)24)10-9-15-7-5-4-6-8-15/h4-8,11-14,19,24-25H,3H2,1-2H3,(H,22,27)(H,23,26)/t14-,19+/m0/s1. The second-order valence-electron chi connectivity index (χ2n) is 5.95. The summed E-state index contributed by atoms with van der Waals surface area (Å²) >= 11 is 0. The molecule has 2 atom stereocenters. The number of amides is 2. The van der Waals surface area contributed by atoms with Crippen molar-refractivity contribution in [1.29, 1.82) is 0 Å². The zero-order valence-electron chi connectivity index (χ0n) is 15.2. The van der Waals surface area contributed by atoms with Gasteiger partial charge in [-0.3, -0.25) is 9.59 Å². The van der Waals surface area contributed by atoms with Crippen LogP contribution in [0, 0.1) is 11.8 Å². The Morgan fingerprint density at radius 1 is 1.07 bits per heavy atom. The van der Waals surface area contributed by atoms with E-state index in [9.17, 15) is 19.8 Å². The fraction of sp³-hybridized carbons (Fsp3) is 0.238. The minimum atomic E-state index is -1.38. The number of carbonyl (C=O) groups excluding carboxylic acids is 2. The summed E-state index contributed by atoms with van der Waals surface area (Å²) in [5, 5.41) is 25.0. The number of nitrogens with one attached hydrogen (secondary N) is 2. The molecule has 6 heteroatoms. The van der Waals surface area contributed by atoms with Crippen LogP contribution in [-0.2, 0) is 4.79 Å². The van der Waals surface area contributed by atoms with Gasteiger partial charge in [0.2, 0.25) is 0 Å². The van der Waals surface area contributed by atoms with E-state index in [1.165, 1.54) is 19.1 Å². The van der Waals surface area contributed by atoms with Crippen LogP contribution in [0.3, 0.4) is 0 Å². The van der Waals surface area contributed by atoms with Gasteiger partial charge in [0.15, 0.2) is 6.10 Å². The number of rotatable bonds is 5. The van der Waals surface area contributed by atoms with E-state index < -0.39 is 24.0 Å². The fourth-order valence-corrected chi connectivity index (χ4v) is 2.34. The van der Waals surface area contributed by atoms with Gasteiger partial charge in [0, 0.05) is 17.7 Å². The average molecular weight is 366 g/mol. The van der Waals surface area contributed by atoms with Gasteiger partial charge in [-0.2, -0.15) is 0 Å². The smallest absolute Gasteiger partial charge is 0.255 e. The highest BCUT2D eigenvalue weighted by atomic mass is 16.3. The van der Waals surface area contributed by atoms with Gasteiger partial charge >= 0.3 is 0 Å². The molecule has 0 aliphatic heterocycles. The highest BCUT2D eigenvalue weighted by Gasteiger charge is 2.24. The molecule has 0 bridgehead atoms. The number of aromatic hydroxyl groups is 1. The van der Waals surface area contributed by atoms with Gasteiger partial charge in [-0.05, 0) is 44.2 Å². The van der Waals surface area contributed by atoms with Gasteiger partial charge in [0.1, 0.15) is 5.75 Å². The molecule has 0 heterocycles. The molecule has 6 nitrogen and oxygen atoms in total. The first-order valence-electron chi connectivity index (χ1n) is 8.59. The van der Waals surface area contributed by atoms with Crippen LogP contribution < -0.4 is 10.6 Å². The summed E-state index contributed by atoms with van der Waals surface area (Å²) in [6.45, 7) is 3.62. The summed E-state index contributed by atoms with van der Waals surface area (Å²) in [5.41, 5.74) is 1.44. The maximum absolute atomic E-state index is 12.3. The maximum atomic E-state index is 12.3. The molecule has 0 saturated carbocycles. The zero-order chi connectivity index (χ0) is 19.8. The Morgan fingerprint density at radius 3 is 2.37 bits per heavy atom. The van der Waals surface area contributed by atoms with Crippen LogP contribution in [0.4, 0.5) is 0 Å². The Morgan fingerprint density at radius 2 is 1.74 bits per heavy atom. The van der Waals surface area contributed by atoms with Crippen molar-refractivity contribution in [1.82, 2.24) is 10.6 Å². The van der Waals surface area contributed by atoms with E-state index in [2.05, 4.69) is 22.5 Å². The summed E-state index contributed by atoms with van der Waals surface area (Å²) < 4.78 is 0. The number of benzene rings is 2. The normalized spacial score (nSPS) is 12.3. The van der Waals surface area contributed by atoms with Gasteiger partial charge in [-0.25, -0.2) is 0 Å². The quantitative estimate of drug-likeness (QED) is 0.601. The molecule has 0 unspecified atom stereocenters. The van der Waals surface area contributed by atoms with Crippen molar-refractivity contribution in [3.05, 3.63) is 65.2 Å². The maximum Gasteiger partial charge on any atom is 0.255 e. The Bertz CT molecular complexity index is 869. The molecule has 140 valence electrons. The summed E-state index contributed by atoms with van der Waals surface area (Å²) in [4.78, 5) is 23.9. The molecule has 2 rings (SSSR count). The van der Waals surface area contributed by atoms with E-state index in [0.29, 0.717) is 12.1 Å². The molecular formula is C21H22N2O4. The number of aliphatic hydroxyl groups excluding tert-OH is 1. The van der Waals surface area contributed by atoms with Gasteiger partial charge in [-0.1, -0.05) is 30.0 Å². The van der Waals surface area contributed by atoms with E-state index >= 15 is 0 Å². The topological polar surface area (TPSA) is 98.7 Å². The van der Waals surface area contributed by atoms with Gasteiger partial charge < -0.3 is 20.8 Å². The van der Waals surface area contributed by atoms with E-state index in [1.807, 2.05) is 30.3 Å². The molecular weight excluding hydrogens is 344 g/mol. The first-order chi connectivity index (χ1) is 12.9. The second-order valence-corrected chi connectivity index (χ2v) is 5.95. The average Bonchev–Trinajstić information content (AvgIpc) is 2.66. The number of likely N-dealkylation sites (N-methyl/N-ethyl adjacent to an activating group) is 1. The van der Waals surface area contributed by atoms with Crippen molar-refractivity contribution in [2.75, 3.05) is 6.54 Å². The van der Waals surface area contributed by atoms with Crippen molar-refractivity contribution in [3.63, 3.8) is 0 Å². The lowest BCUT2D eigenvalue weighted by atomic mass is 10.1. The third-order valence-corrected chi connectivity index (χ3v) is 3.82. The predicted molar refractivity (Wildman–Crippen MR) is 102 cm³/mol. The predicted octanol–water partition coefficient (Wildman–Crippen LogP) is 1.41. The largest absolute Gasteiger partial charge is 0.507 e. The van der Waals surface area contributed by atoms with Gasteiger partial charge in [0.05, 0.1) is 11.6 Å². The number of carbonyl (C=O) groups is 2. The molecule has 27 heavy (non-hydrogen) atoms. The molecule has 0 saturated heterocycles. The van der Waals surface area contributed by atoms with E-state index in [4.69, 9.17) is 0 Å². The lowest BCUT2D eigenvalue weighted by Crippen LogP contribution is -2.49. The van der Waals surface area contributed by atoms with Crippen LogP contribution in [0.2, 0.25) is 0 Å². The first kappa shape index (κ1) is 20.0. The number of phenolic OH excluding ortho intramolecular Hbond substituents is 1. The number of hydrogen-bond donors (Lipinski definition) is 4. The van der Waals surface area contributed by atoms with Crippen molar-refractivity contribution >= 4 is 11.8 Å². The monoisotopic (exact) mass is 366 g/mol. The molecule has 0 radical (unpaired) electrons. The minimum absolute atomic E-state index is 0.0372. The Balaban J connectivity index is 2.07. The SMILES string of the molecule is CCNC(=O)[C@H](O)[C@H](C)NC(=O)c1ccc(C#Cc2ccccc2)cc1O. The first-order valence-corrected chi connectivity index (χ1v) is 8.59. The Labute approximate surface area is 158 Å². The summed E-state index contributed by atoms with van der Waals surface area (Å²) in [6.07, 6.45) is -1.38. The van der Waals surface area contributed by atoms with E-state index in [-0.39, 0.29) is 11.3 Å².